The summed E-state index contributed by atoms with van der Waals surface area (Å²) in [4.78, 5) is 31.9. The van der Waals surface area contributed by atoms with Crippen LogP contribution in [-0.4, -0.2) is 50.3 Å². The number of amides is 1. The molecule has 5 rings (SSSR count). The van der Waals surface area contributed by atoms with Gasteiger partial charge in [-0.05, 0) is 53.4 Å². The first-order chi connectivity index (χ1) is 20.4. The first-order valence-corrected chi connectivity index (χ1v) is 15.4. The Morgan fingerprint density at radius 1 is 1.00 bits per heavy atom. The van der Waals surface area contributed by atoms with Gasteiger partial charge in [-0.1, -0.05) is 95.4 Å². The molecule has 0 aliphatic heterocycles. The van der Waals surface area contributed by atoms with Gasteiger partial charge >= 0.3 is 5.97 Å². The van der Waals surface area contributed by atoms with Crippen molar-refractivity contribution in [1.29, 1.82) is 0 Å². The van der Waals surface area contributed by atoms with Crippen LogP contribution in [0.2, 0.25) is 0 Å². The molecule has 1 aromatic heterocycles. The Hall–Kier alpha value is -3.83. The van der Waals surface area contributed by atoms with Gasteiger partial charge in [0.15, 0.2) is 0 Å². The van der Waals surface area contributed by atoms with E-state index < -0.39 is 5.97 Å². The lowest BCUT2D eigenvalue weighted by molar-refractivity contribution is 0.0696. The maximum atomic E-state index is 13.7. The number of carboxylic acid groups (broad SMARTS) is 1. The van der Waals surface area contributed by atoms with Crippen LogP contribution in [-0.2, 0) is 6.54 Å². The number of hydrogen-bond donors (Lipinski definition) is 2. The van der Waals surface area contributed by atoms with Crippen LogP contribution in [0.3, 0.4) is 0 Å². The summed E-state index contributed by atoms with van der Waals surface area (Å²) in [6, 6.07) is 30.8. The highest BCUT2D eigenvalue weighted by Crippen LogP contribution is 2.31. The van der Waals surface area contributed by atoms with Gasteiger partial charge in [-0.3, -0.25) is 9.36 Å². The number of carbonyl (C=O) groups is 2. The Bertz CT molecular complexity index is 1710. The highest BCUT2D eigenvalue weighted by atomic mass is 127. The summed E-state index contributed by atoms with van der Waals surface area (Å²) in [5.41, 5.74) is 5.89. The number of halogens is 1. The zero-order chi connectivity index (χ0) is 29.6. The lowest BCUT2D eigenvalue weighted by Crippen LogP contribution is -2.34. The summed E-state index contributed by atoms with van der Waals surface area (Å²) < 4.78 is 7.74. The molecule has 0 radical (unpaired) electrons. The fourth-order valence-electron chi connectivity index (χ4n) is 4.91. The molecule has 0 saturated heterocycles. The van der Waals surface area contributed by atoms with E-state index in [1.165, 1.54) is 0 Å². The number of ether oxygens (including phenoxy) is 1. The predicted octanol–water partition coefficient (Wildman–Crippen LogP) is 7.35. The number of aromatic nitrogens is 2. The van der Waals surface area contributed by atoms with Crippen LogP contribution in [0.1, 0.15) is 42.8 Å². The maximum absolute atomic E-state index is 13.7. The average Bonchev–Trinajstić information content (AvgIpc) is 3.36. The molecule has 1 amide bonds. The molecule has 5 aromatic rings. The molecule has 214 valence electrons. The third-order valence-corrected chi connectivity index (χ3v) is 8.54. The Morgan fingerprint density at radius 2 is 1.71 bits per heavy atom. The molecule has 4 aromatic carbocycles. The minimum absolute atomic E-state index is 0.0843. The first kappa shape index (κ1) is 29.7. The van der Waals surface area contributed by atoms with Gasteiger partial charge in [0, 0.05) is 17.9 Å². The largest absolute Gasteiger partial charge is 0.478 e. The highest BCUT2D eigenvalue weighted by Gasteiger charge is 2.24. The molecule has 0 aliphatic carbocycles. The van der Waals surface area contributed by atoms with E-state index in [1.807, 2.05) is 101 Å². The standard InChI is InChI=1S/C33H30IN3O4S/c1-2-41-33-35-28-20-25(31(38)36(18-19-42)30(34)24-8-4-3-5-9-24)16-17-29(28)37(33)21-22-12-14-23(15-13-22)26-10-6-7-11-27(26)32(39)40/h3-17,20,30,42H,2,18-19,21H2,1H3,(H,39,40). The summed E-state index contributed by atoms with van der Waals surface area (Å²) in [6.07, 6.45) is 0. The molecule has 1 N–H and O–H groups in total. The molecule has 0 aliphatic rings. The molecule has 1 heterocycles. The highest BCUT2D eigenvalue weighted by molar-refractivity contribution is 14.1. The van der Waals surface area contributed by atoms with Gasteiger partial charge in [0.2, 0.25) is 0 Å². The quantitative estimate of drug-likeness (QED) is 0.0655. The number of alkyl halides is 1. The zero-order valence-electron chi connectivity index (χ0n) is 23.0. The summed E-state index contributed by atoms with van der Waals surface area (Å²) in [5.74, 6) is -0.495. The van der Waals surface area contributed by atoms with Crippen LogP contribution in [0.25, 0.3) is 22.2 Å². The third-order valence-electron chi connectivity index (χ3n) is 6.95. The number of aromatic carboxylic acids is 1. The van der Waals surface area contributed by atoms with Gasteiger partial charge in [0.1, 0.15) is 4.05 Å². The molecule has 0 fully saturated rings. The van der Waals surface area contributed by atoms with E-state index in [9.17, 15) is 14.7 Å². The second kappa shape index (κ2) is 13.4. The van der Waals surface area contributed by atoms with Gasteiger partial charge in [-0.25, -0.2) is 4.79 Å². The number of imidazole rings is 1. The Morgan fingerprint density at radius 3 is 2.40 bits per heavy atom. The predicted molar refractivity (Wildman–Crippen MR) is 177 cm³/mol. The van der Waals surface area contributed by atoms with E-state index >= 15 is 0 Å². The van der Waals surface area contributed by atoms with Gasteiger partial charge in [-0.2, -0.15) is 17.6 Å². The Balaban J connectivity index is 1.44. The van der Waals surface area contributed by atoms with E-state index in [0.29, 0.717) is 48.1 Å². The van der Waals surface area contributed by atoms with E-state index in [2.05, 4.69) is 35.2 Å². The van der Waals surface area contributed by atoms with Crippen molar-refractivity contribution in [2.75, 3.05) is 18.9 Å². The van der Waals surface area contributed by atoms with E-state index in [4.69, 9.17) is 9.72 Å². The van der Waals surface area contributed by atoms with Crippen molar-refractivity contribution >= 4 is 58.1 Å². The number of hydrogen-bond acceptors (Lipinski definition) is 5. The third kappa shape index (κ3) is 6.32. The summed E-state index contributed by atoms with van der Waals surface area (Å²) in [6.45, 7) is 3.36. The van der Waals surface area contributed by atoms with Gasteiger partial charge in [0.25, 0.3) is 11.9 Å². The fraction of sp³-hybridized carbons (Fsp3) is 0.182. The second-order valence-electron chi connectivity index (χ2n) is 9.63. The first-order valence-electron chi connectivity index (χ1n) is 13.6. The molecule has 7 nitrogen and oxygen atoms in total. The Labute approximate surface area is 263 Å². The van der Waals surface area contributed by atoms with E-state index in [0.717, 1.165) is 22.2 Å². The van der Waals surface area contributed by atoms with Gasteiger partial charge in [-0.15, -0.1) is 0 Å². The van der Waals surface area contributed by atoms with Crippen molar-refractivity contribution in [2.45, 2.75) is 17.5 Å². The number of rotatable bonds is 11. The van der Waals surface area contributed by atoms with Crippen molar-refractivity contribution in [1.82, 2.24) is 14.5 Å². The van der Waals surface area contributed by atoms with Gasteiger partial charge in [0.05, 0.1) is 29.7 Å². The van der Waals surface area contributed by atoms with Crippen molar-refractivity contribution < 1.29 is 19.4 Å². The number of benzene rings is 4. The lowest BCUT2D eigenvalue weighted by atomic mass is 9.99. The number of fused-ring (bicyclic) bond motifs is 1. The minimum atomic E-state index is -0.957. The summed E-state index contributed by atoms with van der Waals surface area (Å²) in [5, 5.41) is 9.57. The number of nitrogens with zero attached hydrogens (tertiary/aromatic N) is 3. The van der Waals surface area contributed by atoms with Crippen LogP contribution in [0, 0.1) is 0 Å². The minimum Gasteiger partial charge on any atom is -0.478 e. The SMILES string of the molecule is CCOc1nc2cc(C(=O)N(CCS)C(I)c3ccccc3)ccc2n1Cc1ccc(-c2ccccc2C(=O)O)cc1. The summed E-state index contributed by atoms with van der Waals surface area (Å²) in [7, 11) is 0. The molecule has 1 atom stereocenters. The average molecular weight is 692 g/mol. The van der Waals surface area contributed by atoms with E-state index in [1.54, 1.807) is 12.1 Å². The van der Waals surface area contributed by atoms with Crippen molar-refractivity contribution in [3.63, 3.8) is 0 Å². The molecule has 0 spiro atoms. The molecule has 0 saturated carbocycles. The van der Waals surface area contributed by atoms with Crippen molar-refractivity contribution in [3.05, 3.63) is 119 Å². The number of carbonyl (C=O) groups excluding carboxylic acids is 1. The normalized spacial score (nSPS) is 11.8. The maximum Gasteiger partial charge on any atom is 0.336 e. The lowest BCUT2D eigenvalue weighted by Gasteiger charge is -2.28. The van der Waals surface area contributed by atoms with Crippen LogP contribution in [0.4, 0.5) is 0 Å². The second-order valence-corrected chi connectivity index (χ2v) is 11.3. The monoisotopic (exact) mass is 691 g/mol. The topological polar surface area (TPSA) is 84.7 Å². The van der Waals surface area contributed by atoms with Crippen molar-refractivity contribution in [3.8, 4) is 17.1 Å². The molecule has 1 unspecified atom stereocenters. The van der Waals surface area contributed by atoms with Crippen LogP contribution in [0.15, 0.2) is 97.1 Å². The zero-order valence-corrected chi connectivity index (χ0v) is 26.0. The van der Waals surface area contributed by atoms with Crippen LogP contribution >= 0.6 is 35.2 Å². The number of carboxylic acids is 1. The molecule has 42 heavy (non-hydrogen) atoms. The number of thiol groups is 1. The molecular weight excluding hydrogens is 661 g/mol. The van der Waals surface area contributed by atoms with Crippen molar-refractivity contribution in [2.24, 2.45) is 0 Å². The summed E-state index contributed by atoms with van der Waals surface area (Å²) >= 11 is 6.70. The fourth-order valence-corrected chi connectivity index (χ4v) is 6.07. The molecular formula is C33H30IN3O4S. The van der Waals surface area contributed by atoms with Crippen LogP contribution in [0.5, 0.6) is 6.01 Å². The molecule has 0 bridgehead atoms. The Kier molecular flexibility index (Phi) is 9.48. The van der Waals surface area contributed by atoms with E-state index in [-0.39, 0.29) is 15.5 Å². The molecule has 9 heteroatoms. The van der Waals surface area contributed by atoms with Gasteiger partial charge < -0.3 is 14.7 Å². The van der Waals surface area contributed by atoms with Crippen LogP contribution < -0.4 is 4.74 Å². The smallest absolute Gasteiger partial charge is 0.336 e.